The summed E-state index contributed by atoms with van der Waals surface area (Å²) in [6, 6.07) is 8.36. The molecule has 11 nitrogen and oxygen atoms in total. The average Bonchev–Trinajstić information content (AvgIpc) is 3.26. The third-order valence-corrected chi connectivity index (χ3v) is 8.97. The highest BCUT2D eigenvalue weighted by Crippen LogP contribution is 2.47. The second kappa shape index (κ2) is 11.3. The van der Waals surface area contributed by atoms with Crippen LogP contribution in [-0.2, 0) is 22.7 Å². The van der Waals surface area contributed by atoms with Crippen LogP contribution in [-0.4, -0.2) is 62.7 Å². The van der Waals surface area contributed by atoms with Crippen molar-refractivity contribution in [2.75, 3.05) is 13.7 Å². The van der Waals surface area contributed by atoms with Crippen molar-refractivity contribution in [1.82, 2.24) is 19.8 Å². The Morgan fingerprint density at radius 3 is 2.51 bits per heavy atom. The zero-order chi connectivity index (χ0) is 32.2. The van der Waals surface area contributed by atoms with Gasteiger partial charge in [-0.05, 0) is 62.1 Å². The molecule has 2 N–H and O–H groups in total. The zero-order valence-electron chi connectivity index (χ0n) is 24.9. The number of hydroxylamine groups is 2. The van der Waals surface area contributed by atoms with Crippen molar-refractivity contribution in [1.29, 1.82) is 0 Å². The van der Waals surface area contributed by atoms with E-state index < -0.39 is 63.9 Å². The molecular weight excluding hydrogens is 590 g/mol. The number of aromatic nitrogens is 1. The van der Waals surface area contributed by atoms with E-state index in [2.05, 4.69) is 5.32 Å². The number of nitrogens with zero attached hydrogens (tertiary/aromatic N) is 3. The Morgan fingerprint density at radius 1 is 1.16 bits per heavy atom. The molecule has 13 heteroatoms. The van der Waals surface area contributed by atoms with Crippen LogP contribution in [0.2, 0.25) is 0 Å². The van der Waals surface area contributed by atoms with Crippen molar-refractivity contribution >= 4 is 17.7 Å². The maximum absolute atomic E-state index is 14.4. The molecule has 0 saturated carbocycles. The number of amides is 3. The number of pyridine rings is 1. The molecule has 236 valence electrons. The molecule has 2 saturated heterocycles. The van der Waals surface area contributed by atoms with Crippen LogP contribution in [0.25, 0.3) is 0 Å². The van der Waals surface area contributed by atoms with Crippen LogP contribution >= 0.6 is 0 Å². The van der Waals surface area contributed by atoms with E-state index in [0.29, 0.717) is 24.2 Å². The van der Waals surface area contributed by atoms with E-state index in [1.165, 1.54) is 21.5 Å². The highest BCUT2D eigenvalue weighted by atomic mass is 19.1. The van der Waals surface area contributed by atoms with Gasteiger partial charge in [0.2, 0.25) is 11.3 Å². The van der Waals surface area contributed by atoms with E-state index in [4.69, 9.17) is 9.57 Å². The Kier molecular flexibility index (Phi) is 7.59. The Hall–Kier alpha value is -4.78. The van der Waals surface area contributed by atoms with Gasteiger partial charge in [0, 0.05) is 30.9 Å². The minimum atomic E-state index is -1.16. The van der Waals surface area contributed by atoms with Crippen LogP contribution < -0.4 is 15.5 Å². The van der Waals surface area contributed by atoms with Crippen LogP contribution in [0.4, 0.5) is 8.78 Å². The summed E-state index contributed by atoms with van der Waals surface area (Å²) in [5.41, 5.74) is -2.36. The molecule has 0 aliphatic carbocycles. The number of ether oxygens (including phenoxy) is 1. The Morgan fingerprint density at radius 2 is 1.84 bits per heavy atom. The number of hydrogen-bond donors (Lipinski definition) is 2. The predicted molar refractivity (Wildman–Crippen MR) is 155 cm³/mol. The Balaban J connectivity index is 1.35. The maximum Gasteiger partial charge on any atom is 0.274 e. The normalized spacial score (nSPS) is 22.4. The van der Waals surface area contributed by atoms with Crippen molar-refractivity contribution in [2.24, 2.45) is 0 Å². The van der Waals surface area contributed by atoms with Crippen molar-refractivity contribution in [3.63, 3.8) is 0 Å². The first-order chi connectivity index (χ1) is 21.4. The summed E-state index contributed by atoms with van der Waals surface area (Å²) in [7, 11) is 1.55. The van der Waals surface area contributed by atoms with E-state index in [1.54, 1.807) is 19.2 Å². The topological polar surface area (TPSA) is 130 Å². The van der Waals surface area contributed by atoms with Gasteiger partial charge < -0.3 is 24.6 Å². The van der Waals surface area contributed by atoms with Gasteiger partial charge >= 0.3 is 0 Å². The van der Waals surface area contributed by atoms with Crippen molar-refractivity contribution in [2.45, 2.75) is 63.9 Å². The second-order valence-electron chi connectivity index (χ2n) is 11.8. The first-order valence-electron chi connectivity index (χ1n) is 14.6. The summed E-state index contributed by atoms with van der Waals surface area (Å²) < 4.78 is 35.4. The quantitative estimate of drug-likeness (QED) is 0.431. The Labute approximate surface area is 256 Å². The zero-order valence-corrected chi connectivity index (χ0v) is 24.9. The molecular formula is C32H32F2N4O7. The van der Waals surface area contributed by atoms with E-state index in [-0.39, 0.29) is 37.2 Å². The number of carbonyl (C=O) groups excluding carboxylic acids is 3. The summed E-state index contributed by atoms with van der Waals surface area (Å²) in [4.78, 5) is 61.4. The largest absolute Gasteiger partial charge is 0.503 e. The second-order valence-corrected chi connectivity index (χ2v) is 11.8. The molecule has 1 spiro atoms. The number of benzene rings is 2. The summed E-state index contributed by atoms with van der Waals surface area (Å²) in [5, 5.41) is 14.7. The first-order valence-corrected chi connectivity index (χ1v) is 14.6. The summed E-state index contributed by atoms with van der Waals surface area (Å²) in [5.74, 6) is -3.87. The fourth-order valence-corrected chi connectivity index (χ4v) is 6.45. The third-order valence-electron chi connectivity index (χ3n) is 8.97. The van der Waals surface area contributed by atoms with Crippen LogP contribution in [0.15, 0.2) is 47.4 Å². The monoisotopic (exact) mass is 622 g/mol. The molecule has 3 atom stereocenters. The molecule has 45 heavy (non-hydrogen) atoms. The molecule has 3 amide bonds. The standard InChI is InChI=1S/C32H32F2N4O7/c1-17-10-23(33)21(24(34)11-17)13-35-30(42)22-15-37-25-16-36(31(43)27(37)29(41)28(22)40)18(2)8-9-32(25)12-26(39)38(45-32)14-19-4-6-20(44-3)7-5-19/h4-7,10-11,15,18,25,41H,8-9,12-14,16H2,1-3H3,(H,35,42)/t18-,25+,32-/m0/s1. The molecule has 2 bridgehead atoms. The summed E-state index contributed by atoms with van der Waals surface area (Å²) in [6.07, 6.45) is 1.97. The smallest absolute Gasteiger partial charge is 0.274 e. The van der Waals surface area contributed by atoms with Crippen LogP contribution in [0.3, 0.4) is 0 Å². The van der Waals surface area contributed by atoms with Crippen LogP contribution in [0.1, 0.15) is 69.8 Å². The van der Waals surface area contributed by atoms with Gasteiger partial charge in [0.25, 0.3) is 11.8 Å². The minimum Gasteiger partial charge on any atom is -0.503 e. The van der Waals surface area contributed by atoms with Gasteiger partial charge in [-0.1, -0.05) is 12.1 Å². The molecule has 0 radical (unpaired) electrons. The molecule has 0 unspecified atom stereocenters. The van der Waals surface area contributed by atoms with Crippen molar-refractivity contribution in [3.8, 4) is 11.5 Å². The Bertz CT molecular complexity index is 1750. The number of nitrogens with one attached hydrogen (secondary N) is 1. The maximum atomic E-state index is 14.4. The first kappa shape index (κ1) is 30.3. The lowest BCUT2D eigenvalue weighted by atomic mass is 9.85. The molecule has 4 heterocycles. The van der Waals surface area contributed by atoms with Gasteiger partial charge in [-0.2, -0.15) is 0 Å². The van der Waals surface area contributed by atoms with E-state index in [1.807, 2.05) is 19.1 Å². The lowest BCUT2D eigenvalue weighted by molar-refractivity contribution is -0.218. The summed E-state index contributed by atoms with van der Waals surface area (Å²) >= 11 is 0. The number of carbonyl (C=O) groups is 3. The molecule has 1 aromatic heterocycles. The van der Waals surface area contributed by atoms with Crippen LogP contribution in [0, 0.1) is 18.6 Å². The number of halogens is 2. The molecule has 3 aromatic rings. The SMILES string of the molecule is COc1ccc(CN2O[C@@]3(CC[C@H](C)N4C[C@H]3n3cc(C(=O)NCc5c(F)cc(C)cc5F)c(=O)c(O)c3C4=O)CC2=O)cc1. The third kappa shape index (κ3) is 5.20. The highest BCUT2D eigenvalue weighted by molar-refractivity contribution is 5.99. The molecule has 6 rings (SSSR count). The summed E-state index contributed by atoms with van der Waals surface area (Å²) in [6.45, 7) is 3.05. The van der Waals surface area contributed by atoms with E-state index >= 15 is 0 Å². The average molecular weight is 623 g/mol. The fourth-order valence-electron chi connectivity index (χ4n) is 6.45. The molecule has 2 aromatic carbocycles. The minimum absolute atomic E-state index is 0.0393. The number of methoxy groups -OCH3 is 1. The van der Waals surface area contributed by atoms with Crippen molar-refractivity contribution in [3.05, 3.63) is 92.4 Å². The molecule has 3 aliphatic heterocycles. The number of rotatable bonds is 6. The van der Waals surface area contributed by atoms with Crippen LogP contribution in [0.5, 0.6) is 11.5 Å². The number of aromatic hydroxyl groups is 1. The van der Waals surface area contributed by atoms with Crippen molar-refractivity contribution < 1.29 is 37.8 Å². The van der Waals surface area contributed by atoms with Gasteiger partial charge in [-0.15, -0.1) is 0 Å². The van der Waals surface area contributed by atoms with Gasteiger partial charge in [0.15, 0.2) is 11.4 Å². The molecule has 2 fully saturated rings. The number of hydrogen-bond acceptors (Lipinski definition) is 7. The molecule has 3 aliphatic rings. The predicted octanol–water partition coefficient (Wildman–Crippen LogP) is 3.36. The van der Waals surface area contributed by atoms with Gasteiger partial charge in [-0.3, -0.25) is 24.0 Å². The highest BCUT2D eigenvalue weighted by Gasteiger charge is 2.56. The van der Waals surface area contributed by atoms with Gasteiger partial charge in [-0.25, -0.2) is 13.8 Å². The number of fused-ring (bicyclic) bond motifs is 5. The van der Waals surface area contributed by atoms with E-state index in [0.717, 1.165) is 23.9 Å². The van der Waals surface area contributed by atoms with E-state index in [9.17, 15) is 33.1 Å². The lowest BCUT2D eigenvalue weighted by Gasteiger charge is -2.42. The lowest BCUT2D eigenvalue weighted by Crippen LogP contribution is -2.52. The fraction of sp³-hybridized carbons (Fsp3) is 0.375. The van der Waals surface area contributed by atoms with Gasteiger partial charge in [0.1, 0.15) is 28.5 Å². The number of aryl methyl sites for hydroxylation is 1. The van der Waals surface area contributed by atoms with Gasteiger partial charge in [0.05, 0.1) is 26.1 Å².